The van der Waals surface area contributed by atoms with Crippen LogP contribution in [0.25, 0.3) is 0 Å². The van der Waals surface area contributed by atoms with Crippen LogP contribution in [0.4, 0.5) is 26.3 Å². The van der Waals surface area contributed by atoms with E-state index in [4.69, 9.17) is 5.26 Å². The topological polar surface area (TPSA) is 40.9 Å². The summed E-state index contributed by atoms with van der Waals surface area (Å²) in [5.41, 5.74) is -6.19. The van der Waals surface area contributed by atoms with Crippen molar-refractivity contribution < 1.29 is 31.1 Å². The molecule has 8 heteroatoms. The molecule has 0 fully saturated rings. The summed E-state index contributed by atoms with van der Waals surface area (Å²) in [5, 5.41) is 8.45. The van der Waals surface area contributed by atoms with Crippen LogP contribution in [0.15, 0.2) is 12.1 Å². The Morgan fingerprint density at radius 2 is 1.61 bits per heavy atom. The minimum absolute atomic E-state index is 0.275. The highest BCUT2D eigenvalue weighted by Gasteiger charge is 2.42. The first-order valence-electron chi connectivity index (χ1n) is 4.29. The molecule has 0 spiro atoms. The van der Waals surface area contributed by atoms with Gasteiger partial charge in [-0.1, -0.05) is 0 Å². The highest BCUT2D eigenvalue weighted by Crippen LogP contribution is 2.40. The predicted molar refractivity (Wildman–Crippen MR) is 46.5 cm³/mol. The summed E-state index contributed by atoms with van der Waals surface area (Å²) in [6.07, 6.45) is -10.9. The molecule has 0 atom stereocenters. The number of nitrogens with zero attached hydrogens (tertiary/aromatic N) is 1. The molecule has 0 aromatic heterocycles. The van der Waals surface area contributed by atoms with Gasteiger partial charge >= 0.3 is 12.4 Å². The van der Waals surface area contributed by atoms with Gasteiger partial charge in [0.25, 0.3) is 0 Å². The van der Waals surface area contributed by atoms with Crippen molar-refractivity contribution in [2.24, 2.45) is 0 Å². The molecule has 0 amide bonds. The second kappa shape index (κ2) is 4.33. The number of carbonyl (C=O) groups is 1. The first-order valence-corrected chi connectivity index (χ1v) is 4.29. The number of hydrogen-bond donors (Lipinski definition) is 0. The van der Waals surface area contributed by atoms with Crippen molar-refractivity contribution in [1.82, 2.24) is 0 Å². The number of hydrogen-bond acceptors (Lipinski definition) is 2. The molecule has 0 heterocycles. The minimum Gasteiger partial charge on any atom is -0.298 e. The third-order valence-electron chi connectivity index (χ3n) is 2.07. The van der Waals surface area contributed by atoms with Crippen LogP contribution in [0.1, 0.15) is 27.0 Å². The first-order chi connectivity index (χ1) is 8.12. The molecule has 0 saturated carbocycles. The van der Waals surface area contributed by atoms with E-state index in [1.807, 2.05) is 0 Å². The van der Waals surface area contributed by atoms with E-state index in [9.17, 15) is 31.1 Å². The van der Waals surface area contributed by atoms with Gasteiger partial charge in [0.05, 0.1) is 22.8 Å². The number of aldehydes is 1. The molecular formula is C10H3F6NO. The minimum atomic E-state index is -5.22. The Bertz CT molecular complexity index is 523. The van der Waals surface area contributed by atoms with Crippen LogP contribution in [0.2, 0.25) is 0 Å². The van der Waals surface area contributed by atoms with Gasteiger partial charge in [0.15, 0.2) is 6.29 Å². The molecule has 0 unspecified atom stereocenters. The van der Waals surface area contributed by atoms with Gasteiger partial charge in [-0.2, -0.15) is 31.6 Å². The maximum atomic E-state index is 12.6. The molecule has 0 saturated heterocycles. The second-order valence-corrected chi connectivity index (χ2v) is 3.17. The summed E-state index contributed by atoms with van der Waals surface area (Å²) in [6, 6.07) is 1.77. The van der Waals surface area contributed by atoms with E-state index in [1.54, 1.807) is 0 Å². The largest absolute Gasteiger partial charge is 0.418 e. The summed E-state index contributed by atoms with van der Waals surface area (Å²) in [7, 11) is 0. The molecule has 18 heavy (non-hydrogen) atoms. The Labute approximate surface area is 96.4 Å². The van der Waals surface area contributed by atoms with Crippen molar-refractivity contribution in [2.75, 3.05) is 0 Å². The van der Waals surface area contributed by atoms with Gasteiger partial charge in [-0.05, 0) is 12.1 Å². The van der Waals surface area contributed by atoms with Gasteiger partial charge in [0, 0.05) is 5.56 Å². The molecule has 0 radical (unpaired) electrons. The maximum absolute atomic E-state index is 12.6. The van der Waals surface area contributed by atoms with Gasteiger partial charge in [-0.25, -0.2) is 0 Å². The van der Waals surface area contributed by atoms with Crippen LogP contribution >= 0.6 is 0 Å². The van der Waals surface area contributed by atoms with Crippen molar-refractivity contribution >= 4 is 6.29 Å². The lowest BCUT2D eigenvalue weighted by Gasteiger charge is -2.16. The van der Waals surface area contributed by atoms with Gasteiger partial charge in [0.2, 0.25) is 0 Å². The summed E-state index contributed by atoms with van der Waals surface area (Å²) < 4.78 is 75.0. The number of alkyl halides is 6. The van der Waals surface area contributed by atoms with Gasteiger partial charge < -0.3 is 0 Å². The lowest BCUT2D eigenvalue weighted by Crippen LogP contribution is -2.18. The number of rotatable bonds is 1. The average Bonchev–Trinajstić information content (AvgIpc) is 2.24. The molecule has 2 nitrogen and oxygen atoms in total. The average molecular weight is 267 g/mol. The summed E-state index contributed by atoms with van der Waals surface area (Å²) in [6.45, 7) is 0. The van der Waals surface area contributed by atoms with Crippen molar-refractivity contribution in [1.29, 1.82) is 5.26 Å². The molecule has 0 aliphatic rings. The number of halogens is 6. The summed E-state index contributed by atoms with van der Waals surface area (Å²) in [5.74, 6) is 0. The van der Waals surface area contributed by atoms with Gasteiger partial charge in [0.1, 0.15) is 0 Å². The van der Waals surface area contributed by atoms with Gasteiger partial charge in [-0.3, -0.25) is 4.79 Å². The van der Waals surface area contributed by atoms with E-state index >= 15 is 0 Å². The third-order valence-corrected chi connectivity index (χ3v) is 2.07. The Balaban J connectivity index is 3.76. The predicted octanol–water partition coefficient (Wildman–Crippen LogP) is 3.41. The maximum Gasteiger partial charge on any atom is 0.418 e. The number of carbonyl (C=O) groups excluding carboxylic acids is 1. The second-order valence-electron chi connectivity index (χ2n) is 3.17. The fraction of sp³-hybridized carbons (Fsp3) is 0.200. The normalized spacial score (nSPS) is 12.1. The molecule has 1 aromatic rings. The fourth-order valence-corrected chi connectivity index (χ4v) is 1.39. The molecule has 0 aliphatic carbocycles. The van der Waals surface area contributed by atoms with E-state index in [0.29, 0.717) is 6.07 Å². The zero-order valence-electron chi connectivity index (χ0n) is 8.36. The van der Waals surface area contributed by atoms with E-state index in [2.05, 4.69) is 0 Å². The van der Waals surface area contributed by atoms with Gasteiger partial charge in [-0.15, -0.1) is 0 Å². The zero-order valence-corrected chi connectivity index (χ0v) is 8.36. The smallest absolute Gasteiger partial charge is 0.298 e. The van der Waals surface area contributed by atoms with Crippen LogP contribution in [-0.2, 0) is 12.4 Å². The molecular weight excluding hydrogens is 264 g/mol. The fourth-order valence-electron chi connectivity index (χ4n) is 1.39. The SMILES string of the molecule is N#Cc1ccc(C(F)(F)F)c(C=O)c1C(F)(F)F. The highest BCUT2D eigenvalue weighted by molar-refractivity contribution is 5.82. The van der Waals surface area contributed by atoms with Crippen LogP contribution in [-0.4, -0.2) is 6.29 Å². The van der Waals surface area contributed by atoms with E-state index < -0.39 is 40.9 Å². The lowest BCUT2D eigenvalue weighted by atomic mass is 9.96. The van der Waals surface area contributed by atoms with E-state index in [1.165, 1.54) is 0 Å². The Morgan fingerprint density at radius 1 is 1.06 bits per heavy atom. The standard InChI is InChI=1S/C10H3F6NO/c11-9(12,13)7-2-1-5(3-17)8(6(7)4-18)10(14,15)16/h1-2,4H. The zero-order chi connectivity index (χ0) is 14.1. The summed E-state index contributed by atoms with van der Waals surface area (Å²) >= 11 is 0. The quantitative estimate of drug-likeness (QED) is 0.578. The molecule has 0 bridgehead atoms. The van der Waals surface area contributed by atoms with Crippen LogP contribution < -0.4 is 0 Å². The Hall–Kier alpha value is -2.04. The lowest BCUT2D eigenvalue weighted by molar-refractivity contribution is -0.143. The first kappa shape index (κ1) is 14.0. The Morgan fingerprint density at radius 3 is 1.94 bits per heavy atom. The third kappa shape index (κ3) is 2.45. The molecule has 1 aromatic carbocycles. The molecule has 96 valence electrons. The molecule has 0 N–H and O–H groups in total. The summed E-state index contributed by atoms with van der Waals surface area (Å²) in [4.78, 5) is 10.5. The number of benzene rings is 1. The number of nitriles is 1. The van der Waals surface area contributed by atoms with Crippen molar-refractivity contribution in [3.63, 3.8) is 0 Å². The van der Waals surface area contributed by atoms with Crippen LogP contribution in [0.5, 0.6) is 0 Å². The van der Waals surface area contributed by atoms with Crippen LogP contribution in [0.3, 0.4) is 0 Å². The highest BCUT2D eigenvalue weighted by atomic mass is 19.4. The van der Waals surface area contributed by atoms with Crippen molar-refractivity contribution in [2.45, 2.75) is 12.4 Å². The van der Waals surface area contributed by atoms with E-state index in [0.717, 1.165) is 6.07 Å². The van der Waals surface area contributed by atoms with E-state index in [-0.39, 0.29) is 6.07 Å². The van der Waals surface area contributed by atoms with Crippen molar-refractivity contribution in [3.05, 3.63) is 34.4 Å². The molecule has 1 rings (SSSR count). The monoisotopic (exact) mass is 267 g/mol. The van der Waals surface area contributed by atoms with Crippen molar-refractivity contribution in [3.8, 4) is 6.07 Å². The Kier molecular flexibility index (Phi) is 3.37. The van der Waals surface area contributed by atoms with Crippen LogP contribution in [0, 0.1) is 11.3 Å². The molecule has 0 aliphatic heterocycles.